The normalized spacial score (nSPS) is 11.2. The van der Waals surface area contributed by atoms with E-state index in [0.717, 1.165) is 39.1 Å². The molecule has 4 aromatic carbocycles. The average Bonchev–Trinajstić information content (AvgIpc) is 3.59. The average molecular weight is 586 g/mol. The van der Waals surface area contributed by atoms with Crippen LogP contribution in [0.4, 0.5) is 5.69 Å². The Morgan fingerprint density at radius 2 is 1.56 bits per heavy atom. The third-order valence-corrected chi connectivity index (χ3v) is 7.42. The first-order chi connectivity index (χ1) is 21.0. The third-order valence-electron chi connectivity index (χ3n) is 7.16. The second-order valence-electron chi connectivity index (χ2n) is 10.1. The molecule has 6 rings (SSSR count). The summed E-state index contributed by atoms with van der Waals surface area (Å²) in [5.74, 6) is -0.490. The zero-order chi connectivity index (χ0) is 29.8. The van der Waals surface area contributed by atoms with Gasteiger partial charge in [0.15, 0.2) is 0 Å². The Morgan fingerprint density at radius 1 is 0.837 bits per heavy atom. The Labute approximate surface area is 254 Å². The van der Waals surface area contributed by atoms with Crippen molar-refractivity contribution < 1.29 is 9.59 Å². The van der Waals surface area contributed by atoms with Gasteiger partial charge in [-0.25, -0.2) is 5.43 Å². The van der Waals surface area contributed by atoms with Gasteiger partial charge in [0.1, 0.15) is 6.54 Å². The van der Waals surface area contributed by atoms with Gasteiger partial charge in [0.2, 0.25) is 5.91 Å². The Kier molecular flexibility index (Phi) is 7.89. The smallest absolute Gasteiger partial charge is 0.271 e. The lowest BCUT2D eigenvalue weighted by molar-refractivity contribution is -0.116. The van der Waals surface area contributed by atoms with E-state index in [1.807, 2.05) is 65.4 Å². The molecular weight excluding hydrogens is 558 g/mol. The molecule has 0 aliphatic heterocycles. The van der Waals surface area contributed by atoms with Gasteiger partial charge in [-0.3, -0.25) is 9.59 Å². The van der Waals surface area contributed by atoms with E-state index < -0.39 is 0 Å². The minimum Gasteiger partial charge on any atom is -0.337 e. The fourth-order valence-corrected chi connectivity index (χ4v) is 5.23. The van der Waals surface area contributed by atoms with Crippen LogP contribution in [0.1, 0.15) is 21.6 Å². The molecule has 0 unspecified atom stereocenters. The van der Waals surface area contributed by atoms with Crippen LogP contribution < -0.4 is 10.7 Å². The Bertz CT molecular complexity index is 1940. The first-order valence-electron chi connectivity index (χ1n) is 13.8. The summed E-state index contributed by atoms with van der Waals surface area (Å²) < 4.78 is 4.02. The van der Waals surface area contributed by atoms with Crippen molar-refractivity contribution in [3.8, 4) is 16.9 Å². The molecule has 7 nitrogen and oxygen atoms in total. The van der Waals surface area contributed by atoms with Gasteiger partial charge >= 0.3 is 0 Å². The van der Waals surface area contributed by atoms with Gasteiger partial charge < -0.3 is 14.5 Å². The number of aromatic nitrogens is 2. The molecule has 0 saturated heterocycles. The van der Waals surface area contributed by atoms with E-state index in [9.17, 15) is 9.59 Å². The number of aryl methyl sites for hydroxylation is 1. The monoisotopic (exact) mass is 585 g/mol. The van der Waals surface area contributed by atoms with Crippen molar-refractivity contribution in [3.63, 3.8) is 0 Å². The third kappa shape index (κ3) is 6.12. The van der Waals surface area contributed by atoms with Gasteiger partial charge in [-0.05, 0) is 79.2 Å². The Hall–Kier alpha value is -5.40. The van der Waals surface area contributed by atoms with E-state index in [1.165, 1.54) is 0 Å². The predicted octanol–water partition coefficient (Wildman–Crippen LogP) is 7.46. The maximum Gasteiger partial charge on any atom is 0.271 e. The second-order valence-corrected chi connectivity index (χ2v) is 10.5. The van der Waals surface area contributed by atoms with E-state index in [0.29, 0.717) is 16.3 Å². The maximum absolute atomic E-state index is 12.9. The highest BCUT2D eigenvalue weighted by Crippen LogP contribution is 2.26. The molecule has 0 atom stereocenters. The SMILES string of the molecule is Cc1ccc(-c2ccccc2)n1-c1ccc(C(=O)N/N=C/c2cn(CC(=O)Nc3ccc(Cl)cc3)c3ccccc23)cc1. The molecule has 0 aliphatic carbocycles. The molecule has 0 spiro atoms. The summed E-state index contributed by atoms with van der Waals surface area (Å²) in [7, 11) is 0. The van der Waals surface area contributed by atoms with E-state index in [4.69, 9.17) is 11.6 Å². The summed E-state index contributed by atoms with van der Waals surface area (Å²) in [6.07, 6.45) is 3.44. The van der Waals surface area contributed by atoms with Gasteiger partial charge in [-0.1, -0.05) is 60.1 Å². The van der Waals surface area contributed by atoms with Crippen LogP contribution in [0.3, 0.4) is 0 Å². The van der Waals surface area contributed by atoms with Crippen LogP contribution in [-0.4, -0.2) is 27.2 Å². The second kappa shape index (κ2) is 12.2. The molecule has 0 aliphatic rings. The van der Waals surface area contributed by atoms with Gasteiger partial charge in [0.05, 0.1) is 11.9 Å². The van der Waals surface area contributed by atoms with Crippen LogP contribution in [0, 0.1) is 6.92 Å². The van der Waals surface area contributed by atoms with Crippen molar-refractivity contribution in [3.05, 3.63) is 143 Å². The molecule has 2 heterocycles. The summed E-state index contributed by atoms with van der Waals surface area (Å²) in [5, 5.41) is 8.63. The molecule has 2 aromatic heterocycles. The Balaban J connectivity index is 1.15. The number of para-hydroxylation sites is 1. The number of rotatable bonds is 8. The van der Waals surface area contributed by atoms with Crippen LogP contribution in [-0.2, 0) is 11.3 Å². The van der Waals surface area contributed by atoms with Crippen molar-refractivity contribution in [2.24, 2.45) is 5.10 Å². The molecule has 2 amide bonds. The highest BCUT2D eigenvalue weighted by Gasteiger charge is 2.13. The molecular formula is C35H28ClN5O2. The fourth-order valence-electron chi connectivity index (χ4n) is 5.10. The standard InChI is InChI=1S/C35H28ClN5O2/c1-24-11-20-32(25-7-3-2-4-8-25)41(24)30-18-12-26(13-19-30)35(43)39-37-21-27-22-40(33-10-6-5-9-31(27)33)23-34(42)38-29-16-14-28(36)15-17-29/h2-22H,23H2,1H3,(H,38,42)(H,39,43)/b37-21+. The lowest BCUT2D eigenvalue weighted by Crippen LogP contribution is -2.18. The molecule has 8 heteroatoms. The van der Waals surface area contributed by atoms with Gasteiger partial charge in [-0.2, -0.15) is 5.10 Å². The summed E-state index contributed by atoms with van der Waals surface area (Å²) >= 11 is 5.94. The Morgan fingerprint density at radius 3 is 2.33 bits per heavy atom. The van der Waals surface area contributed by atoms with E-state index in [2.05, 4.69) is 51.6 Å². The molecule has 0 fully saturated rings. The van der Waals surface area contributed by atoms with Crippen molar-refractivity contribution in [2.75, 3.05) is 5.32 Å². The van der Waals surface area contributed by atoms with Crippen LogP contribution in [0.5, 0.6) is 0 Å². The number of fused-ring (bicyclic) bond motifs is 1. The number of halogens is 1. The number of anilines is 1. The van der Waals surface area contributed by atoms with E-state index >= 15 is 0 Å². The topological polar surface area (TPSA) is 80.4 Å². The first-order valence-corrected chi connectivity index (χ1v) is 14.1. The molecule has 2 N–H and O–H groups in total. The molecule has 212 valence electrons. The molecule has 43 heavy (non-hydrogen) atoms. The van der Waals surface area contributed by atoms with Crippen LogP contribution in [0.15, 0.2) is 127 Å². The minimum absolute atomic E-state index is 0.114. The molecule has 0 saturated carbocycles. The zero-order valence-electron chi connectivity index (χ0n) is 23.4. The van der Waals surface area contributed by atoms with E-state index in [-0.39, 0.29) is 18.4 Å². The van der Waals surface area contributed by atoms with Crippen molar-refractivity contribution in [1.82, 2.24) is 14.6 Å². The van der Waals surface area contributed by atoms with E-state index in [1.54, 1.807) is 42.6 Å². The number of nitrogens with zero attached hydrogens (tertiary/aromatic N) is 3. The van der Waals surface area contributed by atoms with Gasteiger partial charge in [-0.15, -0.1) is 0 Å². The van der Waals surface area contributed by atoms with Crippen molar-refractivity contribution in [1.29, 1.82) is 0 Å². The van der Waals surface area contributed by atoms with Crippen LogP contribution >= 0.6 is 11.6 Å². The van der Waals surface area contributed by atoms with Crippen molar-refractivity contribution >= 4 is 46.2 Å². The summed E-state index contributed by atoms with van der Waals surface area (Å²) in [6.45, 7) is 2.17. The summed E-state index contributed by atoms with van der Waals surface area (Å²) in [6, 6.07) is 36.5. The van der Waals surface area contributed by atoms with Crippen LogP contribution in [0.2, 0.25) is 5.02 Å². The fraction of sp³-hybridized carbons (Fsp3) is 0.0571. The van der Waals surface area contributed by atoms with Crippen molar-refractivity contribution in [2.45, 2.75) is 13.5 Å². The lowest BCUT2D eigenvalue weighted by atomic mass is 10.1. The first kappa shape index (κ1) is 27.8. The number of hydrazone groups is 1. The number of amides is 2. The number of hydrogen-bond donors (Lipinski definition) is 2. The van der Waals surface area contributed by atoms with Crippen LogP contribution in [0.25, 0.3) is 27.8 Å². The number of carbonyl (C=O) groups excluding carboxylic acids is 2. The number of hydrogen-bond acceptors (Lipinski definition) is 3. The zero-order valence-corrected chi connectivity index (χ0v) is 24.1. The minimum atomic E-state index is -0.318. The van der Waals surface area contributed by atoms with Gasteiger partial charge in [0.25, 0.3) is 5.91 Å². The highest BCUT2D eigenvalue weighted by atomic mass is 35.5. The quantitative estimate of drug-likeness (QED) is 0.144. The summed E-state index contributed by atoms with van der Waals surface area (Å²) in [5.41, 5.74) is 9.72. The molecule has 0 radical (unpaired) electrons. The largest absolute Gasteiger partial charge is 0.337 e. The number of carbonyl (C=O) groups is 2. The number of benzene rings is 4. The highest BCUT2D eigenvalue weighted by molar-refractivity contribution is 6.30. The lowest BCUT2D eigenvalue weighted by Gasteiger charge is -2.12. The summed E-state index contributed by atoms with van der Waals surface area (Å²) in [4.78, 5) is 25.6. The maximum atomic E-state index is 12.9. The number of nitrogens with one attached hydrogen (secondary N) is 2. The van der Waals surface area contributed by atoms with Gasteiger partial charge in [0, 0.05) is 50.3 Å². The molecule has 6 aromatic rings. The predicted molar refractivity (Wildman–Crippen MR) is 173 cm³/mol. The molecule has 0 bridgehead atoms.